The van der Waals surface area contributed by atoms with Crippen molar-refractivity contribution in [3.05, 3.63) is 102 Å². The number of rotatable bonds is 4. The van der Waals surface area contributed by atoms with Crippen molar-refractivity contribution in [1.82, 2.24) is 0 Å². The van der Waals surface area contributed by atoms with Gasteiger partial charge in [0, 0.05) is 0 Å². The SMILES string of the molecule is FC(F)(F)c1cccc(C(Oc2ccccc2)c2ccccc2)c1. The van der Waals surface area contributed by atoms with Crippen molar-refractivity contribution in [2.75, 3.05) is 0 Å². The molecule has 0 saturated carbocycles. The number of alkyl halides is 3. The Labute approximate surface area is 138 Å². The molecular weight excluding hydrogens is 313 g/mol. The van der Waals surface area contributed by atoms with Crippen LogP contribution in [0.4, 0.5) is 13.2 Å². The van der Waals surface area contributed by atoms with Crippen LogP contribution in [0.5, 0.6) is 5.75 Å². The molecule has 0 aliphatic heterocycles. The fourth-order valence-electron chi connectivity index (χ4n) is 2.47. The first-order valence-electron chi connectivity index (χ1n) is 7.48. The van der Waals surface area contributed by atoms with Gasteiger partial charge in [-0.2, -0.15) is 13.2 Å². The summed E-state index contributed by atoms with van der Waals surface area (Å²) in [5.74, 6) is 0.601. The number of benzene rings is 3. The van der Waals surface area contributed by atoms with E-state index in [0.717, 1.165) is 17.7 Å². The summed E-state index contributed by atoms with van der Waals surface area (Å²) in [6, 6.07) is 23.5. The number of para-hydroxylation sites is 1. The van der Waals surface area contributed by atoms with Crippen LogP contribution in [0.15, 0.2) is 84.9 Å². The zero-order chi connectivity index (χ0) is 17.0. The normalized spacial score (nSPS) is 12.6. The number of hydrogen-bond donors (Lipinski definition) is 0. The number of ether oxygens (including phenoxy) is 1. The Kier molecular flexibility index (Phi) is 4.56. The highest BCUT2D eigenvalue weighted by Crippen LogP contribution is 2.34. The van der Waals surface area contributed by atoms with E-state index < -0.39 is 17.8 Å². The second kappa shape index (κ2) is 6.79. The summed E-state index contributed by atoms with van der Waals surface area (Å²) in [6.07, 6.45) is -5.00. The lowest BCUT2D eigenvalue weighted by atomic mass is 9.99. The standard InChI is InChI=1S/C20H15F3O/c21-20(22,23)17-11-7-10-16(14-17)19(15-8-3-1-4-9-15)24-18-12-5-2-6-13-18/h1-14,19H. The molecule has 0 bridgehead atoms. The fourth-order valence-corrected chi connectivity index (χ4v) is 2.47. The number of halogens is 3. The molecule has 0 aromatic heterocycles. The molecule has 1 unspecified atom stereocenters. The Hall–Kier alpha value is -2.75. The first-order chi connectivity index (χ1) is 11.5. The predicted molar refractivity (Wildman–Crippen MR) is 86.8 cm³/mol. The molecule has 0 heterocycles. The van der Waals surface area contributed by atoms with Crippen molar-refractivity contribution in [3.8, 4) is 5.75 Å². The van der Waals surface area contributed by atoms with Crippen LogP contribution in [0.2, 0.25) is 0 Å². The number of hydrogen-bond acceptors (Lipinski definition) is 1. The molecule has 4 heteroatoms. The Balaban J connectivity index is 2.02. The van der Waals surface area contributed by atoms with Gasteiger partial charge >= 0.3 is 6.18 Å². The molecule has 0 spiro atoms. The molecule has 0 N–H and O–H groups in total. The highest BCUT2D eigenvalue weighted by atomic mass is 19.4. The van der Waals surface area contributed by atoms with Gasteiger partial charge in [0.15, 0.2) is 0 Å². The molecule has 0 saturated heterocycles. The quantitative estimate of drug-likeness (QED) is 0.581. The van der Waals surface area contributed by atoms with Crippen LogP contribution in [-0.2, 0) is 6.18 Å². The monoisotopic (exact) mass is 328 g/mol. The summed E-state index contributed by atoms with van der Waals surface area (Å²) in [5, 5.41) is 0. The Morgan fingerprint density at radius 2 is 1.25 bits per heavy atom. The Morgan fingerprint density at radius 1 is 0.667 bits per heavy atom. The zero-order valence-electron chi connectivity index (χ0n) is 12.7. The average Bonchev–Trinajstić information content (AvgIpc) is 2.61. The summed E-state index contributed by atoms with van der Waals surface area (Å²) in [4.78, 5) is 0. The molecule has 122 valence electrons. The van der Waals surface area contributed by atoms with Gasteiger partial charge in [-0.25, -0.2) is 0 Å². The summed E-state index contributed by atoms with van der Waals surface area (Å²) >= 11 is 0. The van der Waals surface area contributed by atoms with E-state index in [-0.39, 0.29) is 0 Å². The summed E-state index contributed by atoms with van der Waals surface area (Å²) in [7, 11) is 0. The summed E-state index contributed by atoms with van der Waals surface area (Å²) in [5.41, 5.74) is 0.568. The molecule has 1 nitrogen and oxygen atoms in total. The Morgan fingerprint density at radius 3 is 1.88 bits per heavy atom. The van der Waals surface area contributed by atoms with E-state index in [4.69, 9.17) is 4.74 Å². The Bertz CT molecular complexity index is 783. The molecule has 0 amide bonds. The van der Waals surface area contributed by atoms with Crippen LogP contribution in [0, 0.1) is 0 Å². The van der Waals surface area contributed by atoms with Crippen LogP contribution in [0.1, 0.15) is 22.8 Å². The lowest BCUT2D eigenvalue weighted by Gasteiger charge is -2.21. The molecule has 0 fully saturated rings. The van der Waals surface area contributed by atoms with Crippen LogP contribution in [0.3, 0.4) is 0 Å². The molecular formula is C20H15F3O. The van der Waals surface area contributed by atoms with Gasteiger partial charge in [0.2, 0.25) is 0 Å². The fraction of sp³-hybridized carbons (Fsp3) is 0.100. The van der Waals surface area contributed by atoms with Gasteiger partial charge in [0.25, 0.3) is 0 Å². The van der Waals surface area contributed by atoms with E-state index in [1.807, 2.05) is 48.5 Å². The smallest absolute Gasteiger partial charge is 0.416 e. The van der Waals surface area contributed by atoms with Crippen molar-refractivity contribution >= 4 is 0 Å². The molecule has 0 radical (unpaired) electrons. The van der Waals surface area contributed by atoms with Crippen LogP contribution >= 0.6 is 0 Å². The van der Waals surface area contributed by atoms with Crippen molar-refractivity contribution in [2.24, 2.45) is 0 Å². The van der Waals surface area contributed by atoms with E-state index in [2.05, 4.69) is 0 Å². The topological polar surface area (TPSA) is 9.23 Å². The molecule has 3 aromatic carbocycles. The molecule has 3 aromatic rings. The van der Waals surface area contributed by atoms with Gasteiger partial charge in [0.05, 0.1) is 5.56 Å². The summed E-state index contributed by atoms with van der Waals surface area (Å²) in [6.45, 7) is 0. The van der Waals surface area contributed by atoms with E-state index >= 15 is 0 Å². The van der Waals surface area contributed by atoms with Crippen LogP contribution in [-0.4, -0.2) is 0 Å². The third-order valence-corrected chi connectivity index (χ3v) is 3.62. The van der Waals surface area contributed by atoms with Gasteiger partial charge in [-0.15, -0.1) is 0 Å². The first-order valence-corrected chi connectivity index (χ1v) is 7.48. The second-order valence-electron chi connectivity index (χ2n) is 5.34. The largest absolute Gasteiger partial charge is 0.481 e. The van der Waals surface area contributed by atoms with Crippen LogP contribution in [0.25, 0.3) is 0 Å². The van der Waals surface area contributed by atoms with E-state index in [9.17, 15) is 13.2 Å². The average molecular weight is 328 g/mol. The van der Waals surface area contributed by atoms with E-state index in [1.165, 1.54) is 6.07 Å². The van der Waals surface area contributed by atoms with Crippen LogP contribution < -0.4 is 4.74 Å². The molecule has 24 heavy (non-hydrogen) atoms. The van der Waals surface area contributed by atoms with Crippen molar-refractivity contribution in [1.29, 1.82) is 0 Å². The molecule has 0 aliphatic rings. The lowest BCUT2D eigenvalue weighted by molar-refractivity contribution is -0.137. The van der Waals surface area contributed by atoms with Crippen molar-refractivity contribution < 1.29 is 17.9 Å². The predicted octanol–water partition coefficient (Wildman–Crippen LogP) is 5.87. The van der Waals surface area contributed by atoms with Gasteiger partial charge in [-0.05, 0) is 35.4 Å². The lowest BCUT2D eigenvalue weighted by Crippen LogP contribution is -2.12. The van der Waals surface area contributed by atoms with E-state index in [0.29, 0.717) is 11.3 Å². The zero-order valence-corrected chi connectivity index (χ0v) is 12.7. The van der Waals surface area contributed by atoms with Crippen molar-refractivity contribution in [3.63, 3.8) is 0 Å². The maximum atomic E-state index is 13.0. The molecule has 3 rings (SSSR count). The minimum absolute atomic E-state index is 0.458. The van der Waals surface area contributed by atoms with Gasteiger partial charge in [-0.1, -0.05) is 60.7 Å². The maximum Gasteiger partial charge on any atom is 0.416 e. The minimum Gasteiger partial charge on any atom is -0.481 e. The third-order valence-electron chi connectivity index (χ3n) is 3.62. The second-order valence-corrected chi connectivity index (χ2v) is 5.34. The highest BCUT2D eigenvalue weighted by Gasteiger charge is 2.31. The minimum atomic E-state index is -4.38. The van der Waals surface area contributed by atoms with Crippen molar-refractivity contribution in [2.45, 2.75) is 12.3 Å². The van der Waals surface area contributed by atoms with Gasteiger partial charge in [-0.3, -0.25) is 0 Å². The summed E-state index contributed by atoms with van der Waals surface area (Å²) < 4.78 is 45.0. The highest BCUT2D eigenvalue weighted by molar-refractivity contribution is 5.36. The first kappa shape index (κ1) is 16.1. The molecule has 1 atom stereocenters. The third kappa shape index (κ3) is 3.77. The maximum absolute atomic E-state index is 13.0. The van der Waals surface area contributed by atoms with Gasteiger partial charge in [0.1, 0.15) is 11.9 Å². The van der Waals surface area contributed by atoms with Gasteiger partial charge < -0.3 is 4.74 Å². The molecule has 0 aliphatic carbocycles. The van der Waals surface area contributed by atoms with E-state index in [1.54, 1.807) is 18.2 Å².